The van der Waals surface area contributed by atoms with Crippen molar-refractivity contribution < 1.29 is 34.6 Å². The monoisotopic (exact) mass is 378 g/mol. The van der Waals surface area contributed by atoms with Gasteiger partial charge >= 0.3 is 6.18 Å². The highest BCUT2D eigenvalue weighted by atomic mass is 32.2. The fourth-order valence-electron chi connectivity index (χ4n) is 1.80. The average molecular weight is 378 g/mol. The molecule has 12 heteroatoms. The lowest BCUT2D eigenvalue weighted by Gasteiger charge is -2.27. The van der Waals surface area contributed by atoms with Crippen LogP contribution in [0.2, 0.25) is 0 Å². The minimum absolute atomic E-state index is 0.00461. The maximum absolute atomic E-state index is 11.9. The van der Waals surface area contributed by atoms with Crippen molar-refractivity contribution in [3.8, 4) is 0 Å². The molecule has 134 valence electrons. The summed E-state index contributed by atoms with van der Waals surface area (Å²) in [5.41, 5.74) is 0. The Labute approximate surface area is 132 Å². The van der Waals surface area contributed by atoms with Gasteiger partial charge in [-0.25, -0.2) is 8.42 Å². The van der Waals surface area contributed by atoms with Gasteiger partial charge in [0.2, 0.25) is 10.0 Å². The molecule has 0 aromatic rings. The highest BCUT2D eigenvalue weighted by Crippen LogP contribution is 2.22. The first-order valence-electron chi connectivity index (χ1n) is 6.57. The average Bonchev–Trinajstić information content (AvgIpc) is 2.35. The van der Waals surface area contributed by atoms with Crippen molar-refractivity contribution in [1.29, 1.82) is 0 Å². The van der Waals surface area contributed by atoms with Gasteiger partial charge in [-0.1, -0.05) is 12.5 Å². The fraction of sp³-hybridized carbons (Fsp3) is 0.636. The van der Waals surface area contributed by atoms with Gasteiger partial charge in [-0.05, 0) is 25.0 Å². The number of hydrazine groups is 1. The molecule has 0 saturated heterocycles. The number of alkyl halides is 3. The summed E-state index contributed by atoms with van der Waals surface area (Å²) in [6.07, 6.45) is -0.517. The molecule has 0 amide bonds. The van der Waals surface area contributed by atoms with E-state index in [2.05, 4.69) is 0 Å². The van der Waals surface area contributed by atoms with Crippen LogP contribution in [0.3, 0.4) is 0 Å². The summed E-state index contributed by atoms with van der Waals surface area (Å²) in [6, 6.07) is 0. The van der Waals surface area contributed by atoms with E-state index in [1.54, 1.807) is 0 Å². The predicted molar refractivity (Wildman–Crippen MR) is 76.9 cm³/mol. The van der Waals surface area contributed by atoms with Gasteiger partial charge in [0, 0.05) is 12.6 Å². The lowest BCUT2D eigenvalue weighted by molar-refractivity contribution is -0.135. The minimum Gasteiger partial charge on any atom is -0.284 e. The number of nitrogens with zero attached hydrogens (tertiary/aromatic N) is 1. The van der Waals surface area contributed by atoms with Crippen LogP contribution < -0.4 is 4.83 Å². The van der Waals surface area contributed by atoms with Crippen LogP contribution in [-0.2, 0) is 20.1 Å². The summed E-state index contributed by atoms with van der Waals surface area (Å²) < 4.78 is 90.9. The molecule has 0 saturated carbocycles. The van der Waals surface area contributed by atoms with E-state index in [1.807, 2.05) is 4.83 Å². The maximum Gasteiger partial charge on any atom is 0.389 e. The summed E-state index contributed by atoms with van der Waals surface area (Å²) in [5.74, 6) is -0.461. The highest BCUT2D eigenvalue weighted by Gasteiger charge is 2.30. The lowest BCUT2D eigenvalue weighted by atomic mass is 10.2. The molecule has 1 heterocycles. The van der Waals surface area contributed by atoms with E-state index in [-0.39, 0.29) is 19.3 Å². The Kier molecular flexibility index (Phi) is 6.62. The van der Waals surface area contributed by atoms with Gasteiger partial charge in [0.15, 0.2) is 5.37 Å². The van der Waals surface area contributed by atoms with E-state index in [1.165, 1.54) is 12.2 Å². The van der Waals surface area contributed by atoms with Crippen LogP contribution in [-0.4, -0.2) is 43.7 Å². The number of unbranched alkanes of at least 4 members (excludes halogenated alkanes) is 2. The third kappa shape index (κ3) is 7.81. The molecular formula is C11H17F3N2O5S2. The summed E-state index contributed by atoms with van der Waals surface area (Å²) >= 11 is 0. The van der Waals surface area contributed by atoms with Gasteiger partial charge in [0.25, 0.3) is 10.1 Å². The molecule has 0 fully saturated rings. The van der Waals surface area contributed by atoms with Crippen LogP contribution in [0, 0.1) is 0 Å². The smallest absolute Gasteiger partial charge is 0.284 e. The second-order valence-electron chi connectivity index (χ2n) is 4.88. The van der Waals surface area contributed by atoms with E-state index >= 15 is 0 Å². The molecule has 0 aromatic carbocycles. The van der Waals surface area contributed by atoms with E-state index in [9.17, 15) is 30.0 Å². The van der Waals surface area contributed by atoms with Gasteiger partial charge in [-0.3, -0.25) is 9.56 Å². The number of nitrogens with one attached hydrogen (secondary N) is 1. The molecule has 0 aromatic heterocycles. The molecule has 0 aliphatic carbocycles. The zero-order valence-corrected chi connectivity index (χ0v) is 13.5. The van der Waals surface area contributed by atoms with E-state index in [0.29, 0.717) is 5.01 Å². The number of hydrogen-bond donors (Lipinski definition) is 2. The lowest BCUT2D eigenvalue weighted by Crippen LogP contribution is -2.48. The highest BCUT2D eigenvalue weighted by molar-refractivity contribution is 7.89. The van der Waals surface area contributed by atoms with Crippen LogP contribution in [0.4, 0.5) is 13.2 Å². The normalized spacial score (nSPS) is 19.3. The molecule has 1 unspecified atom stereocenters. The molecular weight excluding hydrogens is 361 g/mol. The van der Waals surface area contributed by atoms with Gasteiger partial charge < -0.3 is 0 Å². The van der Waals surface area contributed by atoms with Crippen molar-refractivity contribution >= 4 is 20.1 Å². The van der Waals surface area contributed by atoms with Crippen molar-refractivity contribution in [2.45, 2.75) is 37.2 Å². The maximum atomic E-state index is 11.9. The Balaban J connectivity index is 2.51. The molecule has 0 spiro atoms. The Morgan fingerprint density at radius 3 is 2.30 bits per heavy atom. The second-order valence-corrected chi connectivity index (χ2v) is 8.21. The fourth-order valence-corrected chi connectivity index (χ4v) is 3.74. The summed E-state index contributed by atoms with van der Waals surface area (Å²) in [4.78, 5) is 1.97. The number of sulfonamides is 1. The zero-order chi connectivity index (χ0) is 17.7. The number of allylic oxidation sites excluding steroid dienone is 2. The molecule has 1 aliphatic rings. The van der Waals surface area contributed by atoms with Crippen molar-refractivity contribution in [3.05, 3.63) is 24.4 Å². The summed E-state index contributed by atoms with van der Waals surface area (Å²) in [5, 5.41) is -0.909. The number of rotatable bonds is 8. The van der Waals surface area contributed by atoms with Crippen LogP contribution in [0.15, 0.2) is 24.4 Å². The predicted octanol–water partition coefficient (Wildman–Crippen LogP) is 1.54. The van der Waals surface area contributed by atoms with Crippen molar-refractivity contribution in [3.63, 3.8) is 0 Å². The minimum atomic E-state index is -4.56. The summed E-state index contributed by atoms with van der Waals surface area (Å²) in [6.45, 7) is 0. The van der Waals surface area contributed by atoms with Crippen LogP contribution in [0.1, 0.15) is 25.7 Å². The van der Waals surface area contributed by atoms with Crippen LogP contribution in [0.5, 0.6) is 0 Å². The topological polar surface area (TPSA) is 104 Å². The van der Waals surface area contributed by atoms with Crippen molar-refractivity contribution in [2.75, 3.05) is 5.75 Å². The first-order chi connectivity index (χ1) is 10.4. The van der Waals surface area contributed by atoms with Gasteiger partial charge in [-0.2, -0.15) is 21.6 Å². The first-order valence-corrected chi connectivity index (χ1v) is 9.73. The second kappa shape index (κ2) is 7.64. The Morgan fingerprint density at radius 2 is 1.74 bits per heavy atom. The standard InChI is InChI=1S/C11H17F3N2O5S2/c12-11(13,14)7-3-1-5-9-22(17,18)15-16-8-4-2-6-10(16)23(19,20)21/h2,4,6,8,10,15H,1,3,5,7,9H2,(H,19,20,21). The van der Waals surface area contributed by atoms with Gasteiger partial charge in [0.05, 0.1) is 5.75 Å². The van der Waals surface area contributed by atoms with Gasteiger partial charge in [-0.15, -0.1) is 4.83 Å². The molecule has 23 heavy (non-hydrogen) atoms. The first kappa shape index (κ1) is 19.9. The molecule has 7 nitrogen and oxygen atoms in total. The van der Waals surface area contributed by atoms with Gasteiger partial charge in [0.1, 0.15) is 0 Å². The Bertz CT molecular complexity index is 656. The third-order valence-electron chi connectivity index (χ3n) is 2.83. The molecule has 0 radical (unpaired) electrons. The van der Waals surface area contributed by atoms with Crippen molar-refractivity contribution in [2.24, 2.45) is 0 Å². The number of hydrogen-bond acceptors (Lipinski definition) is 5. The number of halogens is 3. The quantitative estimate of drug-likeness (QED) is 0.491. The Morgan fingerprint density at radius 1 is 1.09 bits per heavy atom. The van der Waals surface area contributed by atoms with E-state index in [4.69, 9.17) is 4.55 Å². The third-order valence-corrected chi connectivity index (χ3v) is 5.14. The van der Waals surface area contributed by atoms with Crippen LogP contribution >= 0.6 is 0 Å². The molecule has 1 rings (SSSR count). The van der Waals surface area contributed by atoms with Crippen molar-refractivity contribution in [1.82, 2.24) is 9.84 Å². The van der Waals surface area contributed by atoms with Crippen LogP contribution in [0.25, 0.3) is 0 Å². The molecule has 2 N–H and O–H groups in total. The Hall–Kier alpha value is -1.11. The molecule has 1 atom stereocenters. The summed E-state index contributed by atoms with van der Waals surface area (Å²) in [7, 11) is -8.51. The largest absolute Gasteiger partial charge is 0.389 e. The zero-order valence-electron chi connectivity index (χ0n) is 11.9. The SMILES string of the molecule is O=S(=O)(CCCCCC(F)(F)F)NN1C=CC=CC1S(=O)(=O)O. The molecule has 0 bridgehead atoms. The molecule has 1 aliphatic heterocycles. The van der Waals surface area contributed by atoms with E-state index < -0.39 is 43.9 Å². The van der Waals surface area contributed by atoms with E-state index in [0.717, 1.165) is 12.3 Å².